The minimum atomic E-state index is 0.713. The van der Waals surface area contributed by atoms with Gasteiger partial charge in [-0.15, -0.1) is 0 Å². The summed E-state index contributed by atoms with van der Waals surface area (Å²) in [5.74, 6) is 0. The van der Waals surface area contributed by atoms with Gasteiger partial charge in [-0.3, -0.25) is 0 Å². The molecule has 0 aliphatic carbocycles. The monoisotopic (exact) mass is 241 g/mol. The summed E-state index contributed by atoms with van der Waals surface area (Å²) in [6.07, 6.45) is 2.31. The highest BCUT2D eigenvalue weighted by molar-refractivity contribution is 6.31. The molecule has 16 heavy (non-hydrogen) atoms. The minimum absolute atomic E-state index is 0.713. The van der Waals surface area contributed by atoms with Gasteiger partial charge in [-0.2, -0.15) is 0 Å². The van der Waals surface area contributed by atoms with E-state index in [0.717, 1.165) is 30.9 Å². The van der Waals surface area contributed by atoms with Gasteiger partial charge in [0.15, 0.2) is 0 Å². The van der Waals surface area contributed by atoms with Crippen LogP contribution in [0.15, 0.2) is 18.2 Å². The van der Waals surface area contributed by atoms with E-state index in [-0.39, 0.29) is 0 Å². The zero-order chi connectivity index (χ0) is 12.0. The molecule has 0 unspecified atom stereocenters. The van der Waals surface area contributed by atoms with Crippen LogP contribution in [0.3, 0.4) is 0 Å². The Morgan fingerprint density at radius 3 is 2.75 bits per heavy atom. The lowest BCUT2D eigenvalue weighted by atomic mass is 10.2. The summed E-state index contributed by atoms with van der Waals surface area (Å²) in [6.45, 7) is 2.05. The minimum Gasteiger partial charge on any atom is -0.397 e. The summed E-state index contributed by atoms with van der Waals surface area (Å²) in [7, 11) is 4.17. The third-order valence-electron chi connectivity index (χ3n) is 2.36. The first-order valence-electron chi connectivity index (χ1n) is 5.53. The molecule has 3 nitrogen and oxygen atoms in total. The highest BCUT2D eigenvalue weighted by Crippen LogP contribution is 2.22. The second-order valence-electron chi connectivity index (χ2n) is 4.17. The first kappa shape index (κ1) is 13.1. The molecule has 0 bridgehead atoms. The highest BCUT2D eigenvalue weighted by atomic mass is 35.5. The number of hydrogen-bond donors (Lipinski definition) is 2. The average molecular weight is 242 g/mol. The normalized spacial score (nSPS) is 10.8. The Morgan fingerprint density at radius 2 is 2.06 bits per heavy atom. The van der Waals surface area contributed by atoms with Crippen LogP contribution in [0.5, 0.6) is 0 Å². The predicted octanol–water partition coefficient (Wildman–Crippen LogP) is 2.68. The second kappa shape index (κ2) is 6.61. The summed E-state index contributed by atoms with van der Waals surface area (Å²) in [6, 6.07) is 5.49. The predicted molar refractivity (Wildman–Crippen MR) is 72.1 cm³/mol. The van der Waals surface area contributed by atoms with Crippen molar-refractivity contribution in [3.05, 3.63) is 23.2 Å². The SMILES string of the molecule is CN(C)CCCCNc1cc(Cl)ccc1N. The summed E-state index contributed by atoms with van der Waals surface area (Å²) in [5.41, 5.74) is 7.50. The van der Waals surface area contributed by atoms with Crippen LogP contribution in [0.1, 0.15) is 12.8 Å². The molecule has 0 radical (unpaired) electrons. The second-order valence-corrected chi connectivity index (χ2v) is 4.61. The summed E-state index contributed by atoms with van der Waals surface area (Å²) < 4.78 is 0. The van der Waals surface area contributed by atoms with Gasteiger partial charge in [-0.05, 0) is 51.7 Å². The molecule has 1 aromatic carbocycles. The maximum absolute atomic E-state index is 5.90. The number of nitrogen functional groups attached to an aromatic ring is 1. The molecule has 0 spiro atoms. The van der Waals surface area contributed by atoms with E-state index in [4.69, 9.17) is 17.3 Å². The number of anilines is 2. The molecule has 1 aromatic rings. The van der Waals surface area contributed by atoms with Crippen LogP contribution in [0.2, 0.25) is 5.02 Å². The number of rotatable bonds is 6. The van der Waals surface area contributed by atoms with E-state index in [1.807, 2.05) is 12.1 Å². The van der Waals surface area contributed by atoms with Crippen LogP contribution in [-0.2, 0) is 0 Å². The molecule has 0 aromatic heterocycles. The Kier molecular flexibility index (Phi) is 5.43. The maximum Gasteiger partial charge on any atom is 0.0588 e. The van der Waals surface area contributed by atoms with Crippen LogP contribution in [0.25, 0.3) is 0 Å². The number of nitrogens with one attached hydrogen (secondary N) is 1. The average Bonchev–Trinajstić information content (AvgIpc) is 2.22. The van der Waals surface area contributed by atoms with E-state index in [1.54, 1.807) is 6.07 Å². The molecule has 0 aliphatic rings. The van der Waals surface area contributed by atoms with Gasteiger partial charge in [0.2, 0.25) is 0 Å². The lowest BCUT2D eigenvalue weighted by molar-refractivity contribution is 0.396. The fraction of sp³-hybridized carbons (Fsp3) is 0.500. The molecule has 0 amide bonds. The van der Waals surface area contributed by atoms with Crippen molar-refractivity contribution in [2.24, 2.45) is 0 Å². The van der Waals surface area contributed by atoms with Crippen molar-refractivity contribution in [3.8, 4) is 0 Å². The fourth-order valence-corrected chi connectivity index (χ4v) is 1.63. The van der Waals surface area contributed by atoms with Gasteiger partial charge in [0.25, 0.3) is 0 Å². The smallest absolute Gasteiger partial charge is 0.0588 e. The zero-order valence-electron chi connectivity index (χ0n) is 9.96. The molecule has 0 fully saturated rings. The van der Waals surface area contributed by atoms with E-state index < -0.39 is 0 Å². The molecule has 3 N–H and O–H groups in total. The van der Waals surface area contributed by atoms with Gasteiger partial charge in [0.1, 0.15) is 0 Å². The van der Waals surface area contributed by atoms with Crippen LogP contribution in [-0.4, -0.2) is 32.1 Å². The number of nitrogens with two attached hydrogens (primary N) is 1. The van der Waals surface area contributed by atoms with E-state index >= 15 is 0 Å². The number of halogens is 1. The fourth-order valence-electron chi connectivity index (χ4n) is 1.46. The lowest BCUT2D eigenvalue weighted by Crippen LogP contribution is -2.14. The van der Waals surface area contributed by atoms with Crippen molar-refractivity contribution < 1.29 is 0 Å². The molecular weight excluding hydrogens is 222 g/mol. The summed E-state index contributed by atoms with van der Waals surface area (Å²) in [5, 5.41) is 4.01. The van der Waals surface area contributed by atoms with E-state index in [1.165, 1.54) is 6.42 Å². The number of unbranched alkanes of at least 4 members (excludes halogenated alkanes) is 1. The van der Waals surface area contributed by atoms with Crippen molar-refractivity contribution in [2.45, 2.75) is 12.8 Å². The van der Waals surface area contributed by atoms with Crippen molar-refractivity contribution in [1.29, 1.82) is 0 Å². The van der Waals surface area contributed by atoms with E-state index in [0.29, 0.717) is 5.02 Å². The van der Waals surface area contributed by atoms with Crippen molar-refractivity contribution >= 4 is 23.0 Å². The van der Waals surface area contributed by atoms with Crippen LogP contribution in [0, 0.1) is 0 Å². The van der Waals surface area contributed by atoms with Gasteiger partial charge in [0, 0.05) is 11.6 Å². The van der Waals surface area contributed by atoms with Crippen LogP contribution < -0.4 is 11.1 Å². The topological polar surface area (TPSA) is 41.3 Å². The van der Waals surface area contributed by atoms with Gasteiger partial charge in [0.05, 0.1) is 11.4 Å². The van der Waals surface area contributed by atoms with Gasteiger partial charge in [-0.1, -0.05) is 11.6 Å². The van der Waals surface area contributed by atoms with Gasteiger partial charge in [-0.25, -0.2) is 0 Å². The Labute approximate surface area is 103 Å². The molecule has 0 saturated carbocycles. The maximum atomic E-state index is 5.90. The molecule has 1 rings (SSSR count). The number of hydrogen-bond acceptors (Lipinski definition) is 3. The Hall–Kier alpha value is -0.930. The summed E-state index contributed by atoms with van der Waals surface area (Å²) in [4.78, 5) is 2.19. The molecule has 4 heteroatoms. The van der Waals surface area contributed by atoms with Crippen molar-refractivity contribution in [2.75, 3.05) is 38.2 Å². The van der Waals surface area contributed by atoms with Gasteiger partial charge >= 0.3 is 0 Å². The number of nitrogens with zero attached hydrogens (tertiary/aromatic N) is 1. The zero-order valence-corrected chi connectivity index (χ0v) is 10.7. The Morgan fingerprint density at radius 1 is 1.31 bits per heavy atom. The molecule has 0 atom stereocenters. The van der Waals surface area contributed by atoms with Crippen molar-refractivity contribution in [1.82, 2.24) is 4.90 Å². The lowest BCUT2D eigenvalue weighted by Gasteiger charge is -2.11. The molecule has 0 aliphatic heterocycles. The largest absolute Gasteiger partial charge is 0.397 e. The quantitative estimate of drug-likeness (QED) is 0.594. The van der Waals surface area contributed by atoms with E-state index in [9.17, 15) is 0 Å². The van der Waals surface area contributed by atoms with Crippen molar-refractivity contribution in [3.63, 3.8) is 0 Å². The molecule has 0 heterocycles. The third-order valence-corrected chi connectivity index (χ3v) is 2.60. The first-order chi connectivity index (χ1) is 7.59. The van der Waals surface area contributed by atoms with E-state index in [2.05, 4.69) is 24.3 Å². The molecule has 0 saturated heterocycles. The highest BCUT2D eigenvalue weighted by Gasteiger charge is 1.99. The summed E-state index contributed by atoms with van der Waals surface area (Å²) >= 11 is 5.90. The Bertz CT molecular complexity index is 326. The standard InChI is InChI=1S/C12H20ClN3/c1-16(2)8-4-3-7-15-12-9-10(13)5-6-11(12)14/h5-6,9,15H,3-4,7-8,14H2,1-2H3. The first-order valence-corrected chi connectivity index (χ1v) is 5.91. The van der Waals surface area contributed by atoms with Crippen LogP contribution in [0.4, 0.5) is 11.4 Å². The van der Waals surface area contributed by atoms with Crippen LogP contribution >= 0.6 is 11.6 Å². The van der Waals surface area contributed by atoms with Gasteiger partial charge < -0.3 is 16.0 Å². The Balaban J connectivity index is 2.29. The molecular formula is C12H20ClN3. The number of benzene rings is 1. The third kappa shape index (κ3) is 4.73. The molecule has 90 valence electrons.